The first-order valence-electron chi connectivity index (χ1n) is 9.53. The van der Waals surface area contributed by atoms with Gasteiger partial charge in [0.25, 0.3) is 0 Å². The Labute approximate surface area is 169 Å². The van der Waals surface area contributed by atoms with Crippen LogP contribution in [0.5, 0.6) is 0 Å². The number of ketones is 2. The van der Waals surface area contributed by atoms with Crippen LogP contribution in [-0.2, 0) is 0 Å². The molecule has 1 aliphatic rings. The lowest BCUT2D eigenvalue weighted by Crippen LogP contribution is -2.23. The van der Waals surface area contributed by atoms with Gasteiger partial charge in [-0.05, 0) is 30.7 Å². The van der Waals surface area contributed by atoms with Crippen LogP contribution in [0.2, 0.25) is 0 Å². The smallest absolute Gasteiger partial charge is 0.196 e. The highest BCUT2D eigenvalue weighted by Gasteiger charge is 2.33. The molecule has 0 unspecified atom stereocenters. The lowest BCUT2D eigenvalue weighted by Gasteiger charge is -2.22. The summed E-state index contributed by atoms with van der Waals surface area (Å²) in [5.74, 6) is -0.164. The van der Waals surface area contributed by atoms with E-state index >= 15 is 0 Å². The molecule has 0 fully saturated rings. The fraction of sp³-hybridized carbons (Fsp3) is 0.167. The van der Waals surface area contributed by atoms with E-state index in [1.807, 2.05) is 54.6 Å². The van der Waals surface area contributed by atoms with E-state index in [1.54, 1.807) is 12.1 Å². The molecule has 28 heavy (non-hydrogen) atoms. The van der Waals surface area contributed by atoms with Crippen LogP contribution in [0.3, 0.4) is 0 Å². The average Bonchev–Trinajstić information content (AvgIpc) is 2.73. The van der Waals surface area contributed by atoms with Crippen molar-refractivity contribution in [2.75, 3.05) is 11.9 Å². The predicted molar refractivity (Wildman–Crippen MR) is 114 cm³/mol. The Kier molecular flexibility index (Phi) is 5.31. The van der Waals surface area contributed by atoms with Crippen LogP contribution in [-0.4, -0.2) is 18.1 Å². The average molecular weight is 388 g/mol. The second-order valence-corrected chi connectivity index (χ2v) is 7.88. The molecule has 3 nitrogen and oxygen atoms in total. The molecule has 0 saturated heterocycles. The lowest BCUT2D eigenvalue weighted by atomic mass is 9.83. The first kappa shape index (κ1) is 18.5. The van der Waals surface area contributed by atoms with Crippen molar-refractivity contribution in [2.24, 2.45) is 0 Å². The van der Waals surface area contributed by atoms with E-state index in [0.717, 1.165) is 34.9 Å². The number of carbonyl (C=O) groups excluding carboxylic acids is 2. The van der Waals surface area contributed by atoms with Crippen LogP contribution < -0.4 is 5.32 Å². The third-order valence-electron chi connectivity index (χ3n) is 4.85. The van der Waals surface area contributed by atoms with Gasteiger partial charge in [0, 0.05) is 38.7 Å². The van der Waals surface area contributed by atoms with Crippen molar-refractivity contribution in [3.8, 4) is 0 Å². The van der Waals surface area contributed by atoms with Crippen molar-refractivity contribution >= 4 is 29.0 Å². The Hall–Kier alpha value is -2.85. The molecule has 1 N–H and O–H groups in total. The minimum atomic E-state index is -0.0836. The molecule has 0 radical (unpaired) electrons. The maximum absolute atomic E-state index is 13.4. The normalized spacial score (nSPS) is 12.5. The molecule has 0 saturated carbocycles. The zero-order valence-corrected chi connectivity index (χ0v) is 16.5. The van der Waals surface area contributed by atoms with Gasteiger partial charge in [-0.15, -0.1) is 0 Å². The van der Waals surface area contributed by atoms with Crippen molar-refractivity contribution in [1.29, 1.82) is 0 Å². The quantitative estimate of drug-likeness (QED) is 0.423. The third-order valence-corrected chi connectivity index (χ3v) is 5.92. The van der Waals surface area contributed by atoms with Crippen LogP contribution >= 0.6 is 11.8 Å². The highest BCUT2D eigenvalue weighted by Crippen LogP contribution is 2.38. The van der Waals surface area contributed by atoms with Gasteiger partial charge < -0.3 is 5.32 Å². The van der Waals surface area contributed by atoms with Crippen LogP contribution in [0.25, 0.3) is 0 Å². The second kappa shape index (κ2) is 8.03. The van der Waals surface area contributed by atoms with Gasteiger partial charge in [-0.3, -0.25) is 9.59 Å². The van der Waals surface area contributed by atoms with Gasteiger partial charge >= 0.3 is 0 Å². The van der Waals surface area contributed by atoms with E-state index in [1.165, 1.54) is 11.8 Å². The van der Waals surface area contributed by atoms with Crippen molar-refractivity contribution in [2.45, 2.75) is 29.6 Å². The summed E-state index contributed by atoms with van der Waals surface area (Å²) in [7, 11) is 0. The molecule has 1 aliphatic carbocycles. The van der Waals surface area contributed by atoms with Gasteiger partial charge in [-0.25, -0.2) is 0 Å². The van der Waals surface area contributed by atoms with Crippen LogP contribution in [0, 0.1) is 0 Å². The van der Waals surface area contributed by atoms with Gasteiger partial charge in [0.1, 0.15) is 0 Å². The molecular weight excluding hydrogens is 366 g/mol. The number of fused-ring (bicyclic) bond motifs is 2. The van der Waals surface area contributed by atoms with Crippen molar-refractivity contribution in [3.05, 3.63) is 89.0 Å². The van der Waals surface area contributed by atoms with Crippen molar-refractivity contribution < 1.29 is 9.59 Å². The second-order valence-electron chi connectivity index (χ2n) is 6.76. The van der Waals surface area contributed by atoms with E-state index in [-0.39, 0.29) is 11.6 Å². The molecule has 0 heterocycles. The highest BCUT2D eigenvalue weighted by molar-refractivity contribution is 7.99. The number of rotatable bonds is 6. The van der Waals surface area contributed by atoms with Gasteiger partial charge in [-0.2, -0.15) is 0 Å². The Bertz CT molecular complexity index is 1040. The summed E-state index contributed by atoms with van der Waals surface area (Å²) in [5, 5.41) is 3.33. The zero-order valence-electron chi connectivity index (χ0n) is 15.7. The summed E-state index contributed by atoms with van der Waals surface area (Å²) in [4.78, 5) is 28.5. The molecule has 0 aromatic heterocycles. The summed E-state index contributed by atoms with van der Waals surface area (Å²) in [5.41, 5.74) is 2.73. The van der Waals surface area contributed by atoms with Gasteiger partial charge in [0.2, 0.25) is 0 Å². The number of nitrogens with one attached hydrogen (secondary N) is 1. The van der Waals surface area contributed by atoms with E-state index in [4.69, 9.17) is 0 Å². The fourth-order valence-corrected chi connectivity index (χ4v) is 4.46. The van der Waals surface area contributed by atoms with Crippen LogP contribution in [0.15, 0.2) is 76.5 Å². The molecular formula is C24H21NO2S. The number of unbranched alkanes of at least 4 members (excludes halogenated alkanes) is 1. The maximum Gasteiger partial charge on any atom is 0.196 e. The van der Waals surface area contributed by atoms with E-state index < -0.39 is 0 Å². The molecule has 3 aromatic carbocycles. The highest BCUT2D eigenvalue weighted by atomic mass is 32.2. The molecule has 4 heteroatoms. The summed E-state index contributed by atoms with van der Waals surface area (Å²) in [6.45, 7) is 2.91. The summed E-state index contributed by atoms with van der Waals surface area (Å²) >= 11 is 1.52. The lowest BCUT2D eigenvalue weighted by molar-refractivity contribution is 0.0977. The van der Waals surface area contributed by atoms with Gasteiger partial charge in [-0.1, -0.05) is 67.6 Å². The number of hydrogen-bond donors (Lipinski definition) is 1. The standard InChI is InChI=1S/C24H21NO2S/c1-2-3-15-25-19-13-7-11-17-21(19)23(26)18-12-8-14-20(22(18)24(17)27)28-16-9-5-4-6-10-16/h4-14,25H,2-3,15H2,1H3. The zero-order chi connectivity index (χ0) is 19.5. The number of carbonyl (C=O) groups is 2. The molecule has 140 valence electrons. The largest absolute Gasteiger partial charge is 0.384 e. The van der Waals surface area contributed by atoms with E-state index in [0.29, 0.717) is 22.3 Å². The molecule has 0 spiro atoms. The van der Waals surface area contributed by atoms with Crippen molar-refractivity contribution in [3.63, 3.8) is 0 Å². The Balaban J connectivity index is 1.77. The summed E-state index contributed by atoms with van der Waals surface area (Å²) in [6.07, 6.45) is 2.08. The van der Waals surface area contributed by atoms with E-state index in [2.05, 4.69) is 12.2 Å². The SMILES string of the molecule is CCCCNc1cccc2c1C(=O)c1cccc(Sc3ccccc3)c1C2=O. The summed E-state index contributed by atoms with van der Waals surface area (Å²) < 4.78 is 0. The monoisotopic (exact) mass is 387 g/mol. The number of benzene rings is 3. The fourth-order valence-electron chi connectivity index (χ4n) is 3.46. The third kappa shape index (κ3) is 3.36. The molecule has 0 amide bonds. The van der Waals surface area contributed by atoms with Gasteiger partial charge in [0.05, 0.1) is 5.56 Å². The number of hydrogen-bond acceptors (Lipinski definition) is 4. The number of anilines is 1. The first-order valence-corrected chi connectivity index (χ1v) is 10.3. The Morgan fingerprint density at radius 3 is 2.21 bits per heavy atom. The van der Waals surface area contributed by atoms with Gasteiger partial charge in [0.15, 0.2) is 11.6 Å². The van der Waals surface area contributed by atoms with Crippen LogP contribution in [0.4, 0.5) is 5.69 Å². The minimum absolute atomic E-state index is 0.0808. The molecule has 0 aliphatic heterocycles. The molecule has 4 rings (SSSR count). The van der Waals surface area contributed by atoms with Crippen LogP contribution in [0.1, 0.15) is 51.6 Å². The minimum Gasteiger partial charge on any atom is -0.384 e. The van der Waals surface area contributed by atoms with Crippen molar-refractivity contribution in [1.82, 2.24) is 0 Å². The molecule has 0 atom stereocenters. The molecule has 3 aromatic rings. The van der Waals surface area contributed by atoms with E-state index in [9.17, 15) is 9.59 Å². The molecule has 0 bridgehead atoms. The predicted octanol–water partition coefficient (Wildman–Crippen LogP) is 5.83. The summed E-state index contributed by atoms with van der Waals surface area (Å²) in [6, 6.07) is 20.9. The maximum atomic E-state index is 13.4. The first-order chi connectivity index (χ1) is 13.7. The Morgan fingerprint density at radius 2 is 1.46 bits per heavy atom. The topological polar surface area (TPSA) is 46.2 Å². The Morgan fingerprint density at radius 1 is 0.786 bits per heavy atom.